The Labute approximate surface area is 426 Å². The van der Waals surface area contributed by atoms with E-state index in [1.807, 2.05) is 65.1 Å². The zero-order chi connectivity index (χ0) is 49.2. The smallest absolute Gasteiger partial charge is 0.0963 e. The normalized spacial score (nSPS) is 16.1. The summed E-state index contributed by atoms with van der Waals surface area (Å²) in [6.45, 7) is 16.6. The predicted octanol–water partition coefficient (Wildman–Crippen LogP) is 18.8. The third-order valence-corrected chi connectivity index (χ3v) is 15.0. The number of hydrogen-bond acceptors (Lipinski definition) is 4. The average Bonchev–Trinajstić information content (AvgIpc) is 4.09. The molecular weight excluding hydrogens is 901 g/mol. The van der Waals surface area contributed by atoms with Gasteiger partial charge in [0.05, 0.1) is 33.3 Å². The number of pyridine rings is 1. The van der Waals surface area contributed by atoms with Crippen molar-refractivity contribution < 1.29 is 0 Å². The lowest BCUT2D eigenvalue weighted by Gasteiger charge is -2.31. The first-order chi connectivity index (χ1) is 35.1. The summed E-state index contributed by atoms with van der Waals surface area (Å²) in [5.41, 5.74) is 15.8. The number of nitrogens with zero attached hydrogens (tertiary/aromatic N) is 4. The Morgan fingerprint density at radius 2 is 1.24 bits per heavy atom. The molecule has 71 heavy (non-hydrogen) atoms. The number of fused-ring (bicyclic) bond motifs is 11. The zero-order valence-corrected chi connectivity index (χ0v) is 42.9. The van der Waals surface area contributed by atoms with Crippen LogP contribution in [0.1, 0.15) is 58.6 Å². The van der Waals surface area contributed by atoms with E-state index in [1.165, 1.54) is 47.5 Å². The second kappa shape index (κ2) is 20.4. The standard InChI is InChI=1S/C59H40N4S2.3C2H6/c1-37-13-9-10-32-61(53-28-26-46-48-36-43(25-30-56(48)65-59(46)57(37)53)63-50-20-7-5-18-44(50)45-19-6-8-21-51(45)63)42-24-29-55(64)47(35-42)40-15-11-14-38(33-40)39-23-27-52-49(34-39)58-54(22-12-31-60-58)62(52)41-16-3-2-4-17-41;3*1-2/h2-36,47,55,64H,1H2;3*1-2H3/b13-9-,32-10-;;;. The molecule has 350 valence electrons. The molecule has 6 heteroatoms. The van der Waals surface area contributed by atoms with Crippen LogP contribution in [0, 0.1) is 0 Å². The number of allylic oxidation sites excluding steroid dienone is 6. The summed E-state index contributed by atoms with van der Waals surface area (Å²) in [7, 11) is 0. The molecule has 0 fully saturated rings. The molecule has 0 saturated carbocycles. The van der Waals surface area contributed by atoms with Gasteiger partial charge in [0.25, 0.3) is 0 Å². The lowest BCUT2D eigenvalue weighted by molar-refractivity contribution is 0.858. The largest absolute Gasteiger partial charge is 0.317 e. The van der Waals surface area contributed by atoms with Gasteiger partial charge in [-0.25, -0.2) is 0 Å². The Hall–Kier alpha value is -7.64. The van der Waals surface area contributed by atoms with Crippen molar-refractivity contribution in [3.05, 3.63) is 236 Å². The molecule has 7 aromatic carbocycles. The van der Waals surface area contributed by atoms with E-state index in [0.717, 1.165) is 67.0 Å². The van der Waals surface area contributed by atoms with Crippen LogP contribution in [0.5, 0.6) is 0 Å². The molecule has 4 aromatic heterocycles. The number of aromatic nitrogens is 3. The lowest BCUT2D eigenvalue weighted by atomic mass is 9.88. The Bertz CT molecular complexity index is 3840. The number of thiophene rings is 1. The van der Waals surface area contributed by atoms with Gasteiger partial charge in [-0.15, -0.1) is 11.3 Å². The third-order valence-electron chi connectivity index (χ3n) is 13.3. The number of benzene rings is 7. The van der Waals surface area contributed by atoms with Crippen molar-refractivity contribution in [2.75, 3.05) is 4.90 Å². The minimum Gasteiger partial charge on any atom is -0.317 e. The molecular formula is C65H58N4S2. The molecule has 4 nitrogen and oxygen atoms in total. The fourth-order valence-corrected chi connectivity index (χ4v) is 11.9. The number of anilines is 1. The predicted molar refractivity (Wildman–Crippen MR) is 314 cm³/mol. The molecule has 0 spiro atoms. The van der Waals surface area contributed by atoms with Crippen molar-refractivity contribution in [3.8, 4) is 22.5 Å². The van der Waals surface area contributed by atoms with Crippen LogP contribution in [0.25, 0.3) is 92.0 Å². The van der Waals surface area contributed by atoms with Gasteiger partial charge in [0.2, 0.25) is 0 Å². The van der Waals surface area contributed by atoms with Crippen LogP contribution in [-0.2, 0) is 0 Å². The van der Waals surface area contributed by atoms with E-state index in [2.05, 4.69) is 221 Å². The van der Waals surface area contributed by atoms with Gasteiger partial charge in [-0.05, 0) is 107 Å². The van der Waals surface area contributed by atoms with Crippen molar-refractivity contribution >= 4 is 99.1 Å². The van der Waals surface area contributed by atoms with Gasteiger partial charge in [0.15, 0.2) is 0 Å². The maximum absolute atomic E-state index is 5.17. The van der Waals surface area contributed by atoms with Gasteiger partial charge in [-0.3, -0.25) is 4.98 Å². The van der Waals surface area contributed by atoms with Gasteiger partial charge < -0.3 is 14.0 Å². The molecule has 11 aromatic rings. The summed E-state index contributed by atoms with van der Waals surface area (Å²) in [6, 6.07) is 59.4. The Kier molecular flexibility index (Phi) is 13.5. The summed E-state index contributed by atoms with van der Waals surface area (Å²) in [5, 5.41) is 6.16. The fraction of sp³-hybridized carbons (Fsp3) is 0.123. The fourth-order valence-electron chi connectivity index (χ4n) is 10.3. The molecule has 0 radical (unpaired) electrons. The Morgan fingerprint density at radius 3 is 2.01 bits per heavy atom. The van der Waals surface area contributed by atoms with Crippen LogP contribution < -0.4 is 4.90 Å². The zero-order valence-electron chi connectivity index (χ0n) is 41.2. The maximum Gasteiger partial charge on any atom is 0.0963 e. The van der Waals surface area contributed by atoms with Crippen molar-refractivity contribution in [2.24, 2.45) is 0 Å². The molecule has 0 bridgehead atoms. The first-order valence-electron chi connectivity index (χ1n) is 25.0. The van der Waals surface area contributed by atoms with Crippen LogP contribution in [0.2, 0.25) is 0 Å². The summed E-state index contributed by atoms with van der Waals surface area (Å²) >= 11 is 7.02. The molecule has 5 heterocycles. The third kappa shape index (κ3) is 8.21. The SMILES string of the molecule is C=C1/C=C\C=C/N(C2=CC(c3cccc(-c4ccc5c(c4)c4ncccc4n5-c4ccccc4)c3)C(S)C=C2)c2ccc3c(sc4ccc(-n5c6ccccc6c6ccccc65)cc43)c21.CC.CC.CC. The summed E-state index contributed by atoms with van der Waals surface area (Å²) in [6.07, 6.45) is 17.2. The molecule has 2 unspecified atom stereocenters. The highest BCUT2D eigenvalue weighted by Crippen LogP contribution is 2.46. The molecule has 1 aliphatic carbocycles. The number of para-hydroxylation sites is 3. The highest BCUT2D eigenvalue weighted by molar-refractivity contribution is 7.81. The van der Waals surface area contributed by atoms with Crippen LogP contribution >= 0.6 is 24.0 Å². The molecule has 0 amide bonds. The highest BCUT2D eigenvalue weighted by Gasteiger charge is 2.26. The second-order valence-corrected chi connectivity index (χ2v) is 18.6. The van der Waals surface area contributed by atoms with Crippen LogP contribution in [0.15, 0.2) is 225 Å². The molecule has 0 saturated heterocycles. The summed E-state index contributed by atoms with van der Waals surface area (Å²) in [5.74, 6) is 0.0389. The van der Waals surface area contributed by atoms with E-state index in [9.17, 15) is 0 Å². The quantitative estimate of drug-likeness (QED) is 0.174. The van der Waals surface area contributed by atoms with Gasteiger partial charge in [-0.2, -0.15) is 12.6 Å². The van der Waals surface area contributed by atoms with Crippen molar-refractivity contribution in [1.29, 1.82) is 0 Å². The summed E-state index contributed by atoms with van der Waals surface area (Å²) < 4.78 is 7.20. The minimum absolute atomic E-state index is 0.00593. The second-order valence-electron chi connectivity index (χ2n) is 17.0. The number of thiol groups is 1. The Balaban J connectivity index is 0.000000936. The highest BCUT2D eigenvalue weighted by atomic mass is 32.1. The van der Waals surface area contributed by atoms with E-state index in [1.54, 1.807) is 0 Å². The van der Waals surface area contributed by atoms with E-state index in [0.29, 0.717) is 0 Å². The first kappa shape index (κ1) is 47.1. The van der Waals surface area contributed by atoms with E-state index < -0.39 is 0 Å². The van der Waals surface area contributed by atoms with Crippen molar-refractivity contribution in [2.45, 2.75) is 52.7 Å². The van der Waals surface area contributed by atoms with Crippen molar-refractivity contribution in [1.82, 2.24) is 14.1 Å². The van der Waals surface area contributed by atoms with Gasteiger partial charge in [0, 0.05) is 82.5 Å². The first-order valence-corrected chi connectivity index (χ1v) is 26.3. The monoisotopic (exact) mass is 958 g/mol. The van der Waals surface area contributed by atoms with Gasteiger partial charge in [-0.1, -0.05) is 163 Å². The van der Waals surface area contributed by atoms with E-state index >= 15 is 0 Å². The van der Waals surface area contributed by atoms with Crippen LogP contribution in [0.3, 0.4) is 0 Å². The van der Waals surface area contributed by atoms with Gasteiger partial charge in [0.1, 0.15) is 0 Å². The Morgan fingerprint density at radius 1 is 0.549 bits per heavy atom. The lowest BCUT2D eigenvalue weighted by Crippen LogP contribution is -2.22. The topological polar surface area (TPSA) is 26.0 Å². The van der Waals surface area contributed by atoms with E-state index in [-0.39, 0.29) is 11.2 Å². The molecule has 1 aliphatic heterocycles. The summed E-state index contributed by atoms with van der Waals surface area (Å²) in [4.78, 5) is 7.20. The van der Waals surface area contributed by atoms with Crippen molar-refractivity contribution in [3.63, 3.8) is 0 Å². The maximum atomic E-state index is 5.17. The molecule has 2 aliphatic rings. The van der Waals surface area contributed by atoms with E-state index in [4.69, 9.17) is 17.6 Å². The number of hydrogen-bond donors (Lipinski definition) is 1. The average molecular weight is 959 g/mol. The van der Waals surface area contributed by atoms with Gasteiger partial charge >= 0.3 is 0 Å². The minimum atomic E-state index is 0.00593. The molecule has 13 rings (SSSR count). The molecule has 2 atom stereocenters. The molecule has 0 N–H and O–H groups in total. The van der Waals surface area contributed by atoms with Crippen LogP contribution in [0.4, 0.5) is 5.69 Å². The number of rotatable bonds is 5. The van der Waals surface area contributed by atoms with Crippen LogP contribution in [-0.4, -0.2) is 19.4 Å².